The fourth-order valence-corrected chi connectivity index (χ4v) is 4.50. The zero-order chi connectivity index (χ0) is 22.6. The monoisotopic (exact) mass is 492 g/mol. The predicted molar refractivity (Wildman–Crippen MR) is 122 cm³/mol. The number of para-hydroxylation sites is 1. The van der Waals surface area contributed by atoms with Crippen LogP contribution in [0.1, 0.15) is 33.4 Å². The summed E-state index contributed by atoms with van der Waals surface area (Å²) < 4.78 is 11.6. The zero-order valence-corrected chi connectivity index (χ0v) is 18.7. The second-order valence-corrected chi connectivity index (χ2v) is 8.29. The molecule has 1 aliphatic rings. The van der Waals surface area contributed by atoms with Gasteiger partial charge in [-0.3, -0.25) is 14.5 Å². The van der Waals surface area contributed by atoms with E-state index in [0.717, 1.165) is 5.69 Å². The molecule has 1 amide bonds. The molecule has 1 atom stereocenters. The molecule has 0 saturated heterocycles. The van der Waals surface area contributed by atoms with Crippen molar-refractivity contribution in [3.05, 3.63) is 91.9 Å². The van der Waals surface area contributed by atoms with Crippen LogP contribution in [0.4, 0.5) is 5.82 Å². The van der Waals surface area contributed by atoms with Crippen LogP contribution in [0.25, 0.3) is 11.0 Å². The van der Waals surface area contributed by atoms with E-state index in [0.29, 0.717) is 26.8 Å². The molecule has 4 aromatic rings. The molecule has 2 aromatic heterocycles. The number of benzene rings is 2. The number of rotatable bonds is 3. The third kappa shape index (κ3) is 2.98. The molecule has 160 valence electrons. The van der Waals surface area contributed by atoms with E-state index in [4.69, 9.17) is 9.15 Å². The number of aromatic nitrogens is 1. The Morgan fingerprint density at radius 3 is 2.66 bits per heavy atom. The predicted octanol–water partition coefficient (Wildman–Crippen LogP) is 4.72. The molecule has 0 bridgehead atoms. The van der Waals surface area contributed by atoms with E-state index < -0.39 is 11.9 Å². The molecule has 32 heavy (non-hydrogen) atoms. The van der Waals surface area contributed by atoms with E-state index in [9.17, 15) is 14.7 Å². The topological polar surface area (TPSA) is 92.9 Å². The number of carbonyl (C=O) groups excluding carboxylic acids is 1. The number of halogens is 1. The molecule has 3 heterocycles. The van der Waals surface area contributed by atoms with Crippen molar-refractivity contribution in [2.24, 2.45) is 0 Å². The quantitative estimate of drug-likeness (QED) is 0.444. The van der Waals surface area contributed by atoms with Crippen molar-refractivity contribution < 1.29 is 19.1 Å². The summed E-state index contributed by atoms with van der Waals surface area (Å²) >= 11 is 3.34. The van der Waals surface area contributed by atoms with E-state index >= 15 is 0 Å². The Morgan fingerprint density at radius 2 is 1.91 bits per heavy atom. The van der Waals surface area contributed by atoms with Gasteiger partial charge in [-0.05, 0) is 64.8 Å². The maximum Gasteiger partial charge on any atom is 0.296 e. The molecule has 0 aliphatic carbocycles. The van der Waals surface area contributed by atoms with E-state index in [1.54, 1.807) is 48.5 Å². The lowest BCUT2D eigenvalue weighted by molar-refractivity contribution is 0.0970. The smallest absolute Gasteiger partial charge is 0.296 e. The molecule has 5 rings (SSSR count). The first-order chi connectivity index (χ1) is 15.4. The van der Waals surface area contributed by atoms with Gasteiger partial charge in [-0.15, -0.1) is 0 Å². The fraction of sp³-hybridized carbons (Fsp3) is 0.125. The Balaban J connectivity index is 1.85. The SMILES string of the molecule is COc1cc(C2c3c(oc4ccccc4c3=O)C(=O)N2c2cccc(C)n2)cc(Br)c1O. The van der Waals surface area contributed by atoms with Gasteiger partial charge < -0.3 is 14.3 Å². The summed E-state index contributed by atoms with van der Waals surface area (Å²) in [5.74, 6) is 0.0292. The molecule has 1 unspecified atom stereocenters. The van der Waals surface area contributed by atoms with Crippen LogP contribution >= 0.6 is 15.9 Å². The summed E-state index contributed by atoms with van der Waals surface area (Å²) in [6.45, 7) is 1.82. The van der Waals surface area contributed by atoms with Crippen molar-refractivity contribution in [2.45, 2.75) is 13.0 Å². The lowest BCUT2D eigenvalue weighted by atomic mass is 9.98. The number of aryl methyl sites for hydroxylation is 1. The van der Waals surface area contributed by atoms with Gasteiger partial charge in [0.15, 0.2) is 16.9 Å². The van der Waals surface area contributed by atoms with E-state index in [1.165, 1.54) is 12.0 Å². The minimum atomic E-state index is -0.821. The number of ether oxygens (including phenoxy) is 1. The largest absolute Gasteiger partial charge is 0.503 e. The summed E-state index contributed by atoms with van der Waals surface area (Å²) in [4.78, 5) is 33.1. The number of carbonyl (C=O) groups is 1. The lowest BCUT2D eigenvalue weighted by Gasteiger charge is -2.25. The average Bonchev–Trinajstić information content (AvgIpc) is 3.08. The van der Waals surface area contributed by atoms with Gasteiger partial charge >= 0.3 is 0 Å². The Labute approximate surface area is 191 Å². The van der Waals surface area contributed by atoms with Crippen molar-refractivity contribution >= 4 is 38.6 Å². The number of aromatic hydroxyl groups is 1. The van der Waals surface area contributed by atoms with E-state index in [2.05, 4.69) is 20.9 Å². The highest BCUT2D eigenvalue weighted by Crippen LogP contribution is 2.44. The number of phenolic OH excluding ortho intramolecular Hbond substituents is 1. The highest BCUT2D eigenvalue weighted by Gasteiger charge is 2.44. The first-order valence-corrected chi connectivity index (χ1v) is 10.6. The highest BCUT2D eigenvalue weighted by molar-refractivity contribution is 9.10. The Hall–Kier alpha value is -3.65. The van der Waals surface area contributed by atoms with E-state index in [-0.39, 0.29) is 28.3 Å². The molecule has 0 saturated carbocycles. The summed E-state index contributed by atoms with van der Waals surface area (Å²) in [7, 11) is 1.43. The Morgan fingerprint density at radius 1 is 1.12 bits per heavy atom. The van der Waals surface area contributed by atoms with Crippen LogP contribution in [0.15, 0.2) is 68.3 Å². The minimum Gasteiger partial charge on any atom is -0.503 e. The summed E-state index contributed by atoms with van der Waals surface area (Å²) in [6.07, 6.45) is 0. The normalized spacial score (nSPS) is 15.3. The Kier molecular flexibility index (Phi) is 4.74. The number of methoxy groups -OCH3 is 1. The van der Waals surface area contributed by atoms with Gasteiger partial charge in [0.1, 0.15) is 11.4 Å². The van der Waals surface area contributed by atoms with Gasteiger partial charge in [-0.1, -0.05) is 18.2 Å². The second-order valence-electron chi connectivity index (χ2n) is 7.44. The van der Waals surface area contributed by atoms with Gasteiger partial charge in [0.25, 0.3) is 5.91 Å². The van der Waals surface area contributed by atoms with Crippen molar-refractivity contribution in [1.29, 1.82) is 0 Å². The number of fused-ring (bicyclic) bond motifs is 2. The number of hydrogen-bond acceptors (Lipinski definition) is 6. The molecule has 0 fully saturated rings. The summed E-state index contributed by atoms with van der Waals surface area (Å²) in [5, 5.41) is 10.7. The second kappa shape index (κ2) is 7.49. The van der Waals surface area contributed by atoms with Crippen LogP contribution in [-0.2, 0) is 0 Å². The lowest BCUT2D eigenvalue weighted by Crippen LogP contribution is -2.30. The average molecular weight is 493 g/mol. The highest BCUT2D eigenvalue weighted by atomic mass is 79.9. The number of anilines is 1. The van der Waals surface area contributed by atoms with Crippen LogP contribution in [0.5, 0.6) is 11.5 Å². The number of nitrogens with zero attached hydrogens (tertiary/aromatic N) is 2. The van der Waals surface area contributed by atoms with Crippen molar-refractivity contribution in [3.8, 4) is 11.5 Å². The maximum absolute atomic E-state index is 13.6. The number of pyridine rings is 1. The van der Waals surface area contributed by atoms with Crippen LogP contribution in [0, 0.1) is 6.92 Å². The Bertz CT molecular complexity index is 1460. The third-order valence-corrected chi connectivity index (χ3v) is 6.09. The van der Waals surface area contributed by atoms with Crippen LogP contribution in [0.2, 0.25) is 0 Å². The van der Waals surface area contributed by atoms with Crippen LogP contribution in [-0.4, -0.2) is 23.1 Å². The summed E-state index contributed by atoms with van der Waals surface area (Å²) in [5.41, 5.74) is 1.55. The number of amides is 1. The first-order valence-electron chi connectivity index (χ1n) is 9.80. The van der Waals surface area contributed by atoms with Crippen LogP contribution < -0.4 is 15.1 Å². The molecular weight excluding hydrogens is 476 g/mol. The molecule has 1 N–H and O–H groups in total. The van der Waals surface area contributed by atoms with Gasteiger partial charge in [-0.2, -0.15) is 0 Å². The maximum atomic E-state index is 13.6. The first kappa shape index (κ1) is 20.3. The molecule has 7 nitrogen and oxygen atoms in total. The molecule has 8 heteroatoms. The third-order valence-electron chi connectivity index (χ3n) is 5.48. The molecule has 0 spiro atoms. The van der Waals surface area contributed by atoms with Crippen molar-refractivity contribution in [1.82, 2.24) is 4.98 Å². The van der Waals surface area contributed by atoms with E-state index in [1.807, 2.05) is 13.0 Å². The van der Waals surface area contributed by atoms with Crippen LogP contribution in [0.3, 0.4) is 0 Å². The van der Waals surface area contributed by atoms with Gasteiger partial charge in [-0.25, -0.2) is 4.98 Å². The fourth-order valence-electron chi connectivity index (χ4n) is 4.04. The van der Waals surface area contributed by atoms with Gasteiger partial charge in [0, 0.05) is 5.69 Å². The molecule has 1 aliphatic heterocycles. The molecule has 2 aromatic carbocycles. The van der Waals surface area contributed by atoms with Gasteiger partial charge in [0.2, 0.25) is 5.76 Å². The van der Waals surface area contributed by atoms with Crippen molar-refractivity contribution in [3.63, 3.8) is 0 Å². The number of hydrogen-bond donors (Lipinski definition) is 1. The molecule has 0 radical (unpaired) electrons. The summed E-state index contributed by atoms with van der Waals surface area (Å²) in [6, 6.07) is 14.6. The minimum absolute atomic E-state index is 0.0230. The molecular formula is C24H17BrN2O5. The van der Waals surface area contributed by atoms with Gasteiger partial charge in [0.05, 0.1) is 28.6 Å². The zero-order valence-electron chi connectivity index (χ0n) is 17.1. The van der Waals surface area contributed by atoms with Crippen molar-refractivity contribution in [2.75, 3.05) is 12.0 Å². The number of phenols is 1. The standard InChI is InChI=1S/C24H17BrN2O5/c1-12-6-5-9-18(26-12)27-20(13-10-15(25)22(29)17(11-13)31-2)19-21(28)14-7-3-4-8-16(14)32-23(19)24(27)30/h3-11,20,29H,1-2H3.